The number of nitrogens with zero attached hydrogens (tertiary/aromatic N) is 1. The molecule has 1 saturated heterocycles. The molecule has 1 N–H and O–H groups in total. The largest absolute Gasteiger partial charge is 0.325 e. The Bertz CT molecular complexity index is 782. The molecule has 0 unspecified atom stereocenters. The molecule has 6 heteroatoms. The quantitative estimate of drug-likeness (QED) is 0.667. The second-order valence-corrected chi connectivity index (χ2v) is 7.91. The fourth-order valence-corrected chi connectivity index (χ4v) is 5.18. The Labute approximate surface area is 150 Å². The van der Waals surface area contributed by atoms with Gasteiger partial charge in [-0.2, -0.15) is 0 Å². The Morgan fingerprint density at radius 2 is 1.60 bits per heavy atom. The van der Waals surface area contributed by atoms with E-state index in [0.717, 1.165) is 6.42 Å². The van der Waals surface area contributed by atoms with Crippen LogP contribution in [0, 0.1) is 35.5 Å². The number of amides is 3. The van der Waals surface area contributed by atoms with Gasteiger partial charge < -0.3 is 5.32 Å². The van der Waals surface area contributed by atoms with Crippen LogP contribution < -0.4 is 5.32 Å². The topological polar surface area (TPSA) is 66.5 Å². The van der Waals surface area contributed by atoms with E-state index in [1.807, 2.05) is 0 Å². The molecule has 3 amide bonds. The number of benzene rings is 1. The van der Waals surface area contributed by atoms with Crippen molar-refractivity contribution in [3.63, 3.8) is 0 Å². The summed E-state index contributed by atoms with van der Waals surface area (Å²) in [6, 6.07) is 6.72. The molecule has 1 aromatic rings. The third-order valence-electron chi connectivity index (χ3n) is 6.18. The number of carbonyl (C=O) groups excluding carboxylic acids is 3. The molecule has 1 heterocycles. The summed E-state index contributed by atoms with van der Waals surface area (Å²) in [4.78, 5) is 39.1. The summed E-state index contributed by atoms with van der Waals surface area (Å²) < 4.78 is 0. The number of imide groups is 1. The zero-order valence-corrected chi connectivity index (χ0v) is 14.1. The molecule has 6 atom stereocenters. The van der Waals surface area contributed by atoms with Crippen LogP contribution in [0.3, 0.4) is 0 Å². The number of anilines is 1. The molecule has 1 aromatic carbocycles. The average Bonchev–Trinajstić information content (AvgIpc) is 3.38. The van der Waals surface area contributed by atoms with Crippen LogP contribution >= 0.6 is 11.6 Å². The molecule has 0 spiro atoms. The van der Waals surface area contributed by atoms with Gasteiger partial charge in [-0.25, -0.2) is 0 Å². The highest BCUT2D eigenvalue weighted by atomic mass is 35.5. The highest BCUT2D eigenvalue weighted by molar-refractivity contribution is 6.30. The van der Waals surface area contributed by atoms with Crippen molar-refractivity contribution in [3.05, 3.63) is 41.4 Å². The van der Waals surface area contributed by atoms with E-state index in [-0.39, 0.29) is 47.9 Å². The SMILES string of the molecule is O=C(CN1C(=O)[C@@H]2[C@H]3C=C[C@H]([C@H]4C[C@H]34)[C@@H]2C1=O)Nc1ccc(Cl)cc1. The van der Waals surface area contributed by atoms with Crippen LogP contribution in [0.2, 0.25) is 5.02 Å². The van der Waals surface area contributed by atoms with Crippen molar-refractivity contribution in [2.75, 3.05) is 11.9 Å². The predicted molar refractivity (Wildman–Crippen MR) is 91.5 cm³/mol. The first-order valence-corrected chi connectivity index (χ1v) is 9.01. The summed E-state index contributed by atoms with van der Waals surface area (Å²) in [7, 11) is 0. The third-order valence-corrected chi connectivity index (χ3v) is 6.44. The number of hydrogen-bond donors (Lipinski definition) is 1. The fourth-order valence-electron chi connectivity index (χ4n) is 5.05. The second-order valence-electron chi connectivity index (χ2n) is 7.47. The summed E-state index contributed by atoms with van der Waals surface area (Å²) in [6.45, 7) is -0.220. The zero-order valence-electron chi connectivity index (χ0n) is 13.4. The van der Waals surface area contributed by atoms with Crippen LogP contribution in [0.5, 0.6) is 0 Å². The molecule has 3 fully saturated rings. The van der Waals surface area contributed by atoms with E-state index in [4.69, 9.17) is 11.6 Å². The van der Waals surface area contributed by atoms with E-state index < -0.39 is 0 Å². The first-order valence-electron chi connectivity index (χ1n) is 8.63. The van der Waals surface area contributed by atoms with Gasteiger partial charge in [0.25, 0.3) is 0 Å². The molecule has 5 nitrogen and oxygen atoms in total. The number of carbonyl (C=O) groups is 3. The second kappa shape index (κ2) is 5.18. The number of nitrogens with one attached hydrogen (secondary N) is 1. The maximum atomic E-state index is 12.8. The van der Waals surface area contributed by atoms with Gasteiger partial charge in [-0.15, -0.1) is 0 Å². The molecule has 5 aliphatic rings. The fraction of sp³-hybridized carbons (Fsp3) is 0.421. The lowest BCUT2D eigenvalue weighted by Crippen LogP contribution is -2.40. The number of hydrogen-bond acceptors (Lipinski definition) is 3. The van der Waals surface area contributed by atoms with Gasteiger partial charge in [-0.05, 0) is 54.4 Å². The minimum atomic E-state index is -0.367. The Hall–Kier alpha value is -2.14. The van der Waals surface area contributed by atoms with Crippen LogP contribution in [0.15, 0.2) is 36.4 Å². The average molecular weight is 357 g/mol. The zero-order chi connectivity index (χ0) is 17.3. The van der Waals surface area contributed by atoms with Gasteiger partial charge in [0.2, 0.25) is 17.7 Å². The standard InChI is InChI=1S/C19H17ClN2O3/c20-9-1-3-10(4-2-9)21-15(23)8-22-18(24)16-11-5-6-12(14-7-13(11)14)17(16)19(22)25/h1-6,11-14,16-17H,7-8H2,(H,21,23)/t11-,12+,13-,14-,16+,17-/m1/s1. The summed E-state index contributed by atoms with van der Waals surface area (Å²) in [5.74, 6) is 0.266. The molecule has 2 saturated carbocycles. The van der Waals surface area contributed by atoms with Crippen molar-refractivity contribution in [2.24, 2.45) is 35.5 Å². The van der Waals surface area contributed by atoms with E-state index in [1.54, 1.807) is 24.3 Å². The van der Waals surface area contributed by atoms with Crippen molar-refractivity contribution in [3.8, 4) is 0 Å². The summed E-state index contributed by atoms with van der Waals surface area (Å²) in [6.07, 6.45) is 5.39. The summed E-state index contributed by atoms with van der Waals surface area (Å²) in [5.41, 5.74) is 0.592. The van der Waals surface area contributed by atoms with Crippen molar-refractivity contribution in [1.29, 1.82) is 0 Å². The maximum Gasteiger partial charge on any atom is 0.244 e. The number of allylic oxidation sites excluding steroid dienone is 2. The maximum absolute atomic E-state index is 12.8. The molecule has 0 aromatic heterocycles. The van der Waals surface area contributed by atoms with Crippen molar-refractivity contribution in [1.82, 2.24) is 4.90 Å². The number of rotatable bonds is 3. The highest BCUT2D eigenvalue weighted by Gasteiger charge is 2.67. The van der Waals surface area contributed by atoms with Crippen LogP contribution in [0.25, 0.3) is 0 Å². The van der Waals surface area contributed by atoms with Crippen molar-refractivity contribution in [2.45, 2.75) is 6.42 Å². The van der Waals surface area contributed by atoms with Crippen LogP contribution in [0.1, 0.15) is 6.42 Å². The van der Waals surface area contributed by atoms with Crippen LogP contribution in [-0.2, 0) is 14.4 Å². The van der Waals surface area contributed by atoms with E-state index in [1.165, 1.54) is 4.90 Å². The summed E-state index contributed by atoms with van der Waals surface area (Å²) in [5, 5.41) is 3.29. The first-order chi connectivity index (χ1) is 12.0. The van der Waals surface area contributed by atoms with Crippen molar-refractivity contribution >= 4 is 35.0 Å². The lowest BCUT2D eigenvalue weighted by atomic mass is 9.63. The molecule has 2 bridgehead atoms. The molecule has 1 aliphatic heterocycles. The predicted octanol–water partition coefficient (Wildman–Crippen LogP) is 2.33. The van der Waals surface area contributed by atoms with Gasteiger partial charge in [-0.1, -0.05) is 23.8 Å². The number of likely N-dealkylation sites (tertiary alicyclic amines) is 1. The smallest absolute Gasteiger partial charge is 0.244 e. The van der Waals surface area contributed by atoms with Gasteiger partial charge in [0.15, 0.2) is 0 Å². The highest BCUT2D eigenvalue weighted by Crippen LogP contribution is 2.65. The van der Waals surface area contributed by atoms with E-state index in [2.05, 4.69) is 17.5 Å². The minimum absolute atomic E-state index is 0.175. The lowest BCUT2D eigenvalue weighted by molar-refractivity contribution is -0.142. The van der Waals surface area contributed by atoms with E-state index >= 15 is 0 Å². The molecule has 0 radical (unpaired) electrons. The molecular formula is C19H17ClN2O3. The molecule has 128 valence electrons. The van der Waals surface area contributed by atoms with Gasteiger partial charge >= 0.3 is 0 Å². The van der Waals surface area contributed by atoms with Gasteiger partial charge in [-0.3, -0.25) is 19.3 Å². The normalized spacial score (nSPS) is 37.1. The van der Waals surface area contributed by atoms with Gasteiger partial charge in [0.05, 0.1) is 11.8 Å². The summed E-state index contributed by atoms with van der Waals surface area (Å²) >= 11 is 5.83. The number of halogens is 1. The Morgan fingerprint density at radius 1 is 1.04 bits per heavy atom. The molecule has 6 rings (SSSR count). The van der Waals surface area contributed by atoms with Gasteiger partial charge in [0, 0.05) is 10.7 Å². The van der Waals surface area contributed by atoms with Crippen LogP contribution in [-0.4, -0.2) is 29.2 Å². The first kappa shape index (κ1) is 15.1. The Balaban J connectivity index is 1.32. The molecule has 4 aliphatic carbocycles. The third kappa shape index (κ3) is 2.18. The van der Waals surface area contributed by atoms with Gasteiger partial charge in [0.1, 0.15) is 6.54 Å². The minimum Gasteiger partial charge on any atom is -0.325 e. The Kier molecular flexibility index (Phi) is 3.14. The van der Waals surface area contributed by atoms with Crippen molar-refractivity contribution < 1.29 is 14.4 Å². The Morgan fingerprint density at radius 3 is 2.16 bits per heavy atom. The van der Waals surface area contributed by atoms with Crippen LogP contribution in [0.4, 0.5) is 5.69 Å². The monoisotopic (exact) mass is 356 g/mol. The van der Waals surface area contributed by atoms with E-state index in [9.17, 15) is 14.4 Å². The lowest BCUT2D eigenvalue weighted by Gasteiger charge is -2.37. The molecule has 25 heavy (non-hydrogen) atoms. The van der Waals surface area contributed by atoms with E-state index in [0.29, 0.717) is 22.5 Å². The molecular weight excluding hydrogens is 340 g/mol.